The summed E-state index contributed by atoms with van der Waals surface area (Å²) in [7, 11) is 1.76. The zero-order valence-corrected chi connectivity index (χ0v) is 11.6. The first-order valence-electron chi connectivity index (χ1n) is 6.22. The van der Waals surface area contributed by atoms with Crippen molar-refractivity contribution in [1.82, 2.24) is 14.8 Å². The molecule has 0 radical (unpaired) electrons. The van der Waals surface area contributed by atoms with Crippen LogP contribution in [0.4, 0.5) is 5.82 Å². The minimum atomic E-state index is -0.372. The lowest BCUT2D eigenvalue weighted by molar-refractivity contribution is 0.102. The van der Waals surface area contributed by atoms with E-state index in [-0.39, 0.29) is 17.5 Å². The molecule has 0 saturated heterocycles. The minimum Gasteiger partial charge on any atom is -0.304 e. The van der Waals surface area contributed by atoms with Gasteiger partial charge in [-0.2, -0.15) is 10.4 Å². The number of hydrogen-bond donors (Lipinski definition) is 1. The van der Waals surface area contributed by atoms with E-state index in [1.54, 1.807) is 30.1 Å². The molecule has 0 aliphatic rings. The van der Waals surface area contributed by atoms with Crippen molar-refractivity contribution in [3.05, 3.63) is 41.3 Å². The largest absolute Gasteiger partial charge is 0.304 e. The van der Waals surface area contributed by atoms with Crippen LogP contribution in [-0.2, 0) is 7.05 Å². The SMILES string of the molecule is CC(C)c1cc(C#N)cc(C(=O)Nc2ccn(C)n2)n1. The monoisotopic (exact) mass is 269 g/mol. The van der Waals surface area contributed by atoms with Crippen molar-refractivity contribution < 1.29 is 4.79 Å². The molecular formula is C14H15N5O. The molecule has 0 unspecified atom stereocenters. The third kappa shape index (κ3) is 3.01. The Kier molecular flexibility index (Phi) is 3.80. The van der Waals surface area contributed by atoms with Crippen molar-refractivity contribution in [2.45, 2.75) is 19.8 Å². The lowest BCUT2D eigenvalue weighted by atomic mass is 10.1. The zero-order valence-electron chi connectivity index (χ0n) is 11.6. The molecule has 0 bridgehead atoms. The first kappa shape index (κ1) is 13.7. The first-order chi connectivity index (χ1) is 9.49. The Hall–Kier alpha value is -2.68. The van der Waals surface area contributed by atoms with Gasteiger partial charge in [0.05, 0.1) is 11.6 Å². The highest BCUT2D eigenvalue weighted by Gasteiger charge is 2.13. The normalized spacial score (nSPS) is 10.3. The molecule has 2 rings (SSSR count). The van der Waals surface area contributed by atoms with Crippen LogP contribution in [0.15, 0.2) is 24.4 Å². The Bertz CT molecular complexity index is 681. The van der Waals surface area contributed by atoms with E-state index in [0.717, 1.165) is 5.69 Å². The highest BCUT2D eigenvalue weighted by Crippen LogP contribution is 2.15. The highest BCUT2D eigenvalue weighted by atomic mass is 16.1. The maximum atomic E-state index is 12.1. The number of amides is 1. The molecule has 0 aromatic carbocycles. The summed E-state index contributed by atoms with van der Waals surface area (Å²) in [6, 6.07) is 6.91. The number of carbonyl (C=O) groups excluding carboxylic acids is 1. The van der Waals surface area contributed by atoms with Crippen LogP contribution in [0.2, 0.25) is 0 Å². The molecule has 2 aromatic rings. The van der Waals surface area contributed by atoms with E-state index < -0.39 is 0 Å². The Morgan fingerprint density at radius 1 is 1.45 bits per heavy atom. The van der Waals surface area contributed by atoms with Gasteiger partial charge in [0.25, 0.3) is 5.91 Å². The summed E-state index contributed by atoms with van der Waals surface area (Å²) >= 11 is 0. The van der Waals surface area contributed by atoms with Gasteiger partial charge in [0.2, 0.25) is 0 Å². The zero-order chi connectivity index (χ0) is 14.7. The highest BCUT2D eigenvalue weighted by molar-refractivity contribution is 6.02. The lowest BCUT2D eigenvalue weighted by Gasteiger charge is -2.08. The predicted octanol–water partition coefficient (Wildman–Crippen LogP) is 2.06. The summed E-state index contributed by atoms with van der Waals surface area (Å²) in [4.78, 5) is 16.4. The Balaban J connectivity index is 2.29. The molecule has 6 nitrogen and oxygen atoms in total. The van der Waals surface area contributed by atoms with Gasteiger partial charge < -0.3 is 5.32 Å². The van der Waals surface area contributed by atoms with Gasteiger partial charge in [0, 0.05) is 25.0 Å². The fourth-order valence-electron chi connectivity index (χ4n) is 1.69. The second kappa shape index (κ2) is 5.53. The topological polar surface area (TPSA) is 83.6 Å². The van der Waals surface area contributed by atoms with Gasteiger partial charge in [-0.05, 0) is 18.1 Å². The maximum Gasteiger partial charge on any atom is 0.275 e. The third-order valence-corrected chi connectivity index (χ3v) is 2.75. The molecule has 0 atom stereocenters. The Morgan fingerprint density at radius 2 is 2.20 bits per heavy atom. The molecule has 0 aliphatic heterocycles. The van der Waals surface area contributed by atoms with Crippen LogP contribution >= 0.6 is 0 Å². The van der Waals surface area contributed by atoms with E-state index in [0.29, 0.717) is 11.4 Å². The van der Waals surface area contributed by atoms with E-state index in [1.807, 2.05) is 19.9 Å². The molecule has 102 valence electrons. The van der Waals surface area contributed by atoms with Crippen LogP contribution in [0, 0.1) is 11.3 Å². The summed E-state index contributed by atoms with van der Waals surface area (Å²) in [6.45, 7) is 3.92. The molecule has 0 aliphatic carbocycles. The number of nitrogens with one attached hydrogen (secondary N) is 1. The quantitative estimate of drug-likeness (QED) is 0.924. The first-order valence-corrected chi connectivity index (χ1v) is 6.22. The Morgan fingerprint density at radius 3 is 2.75 bits per heavy atom. The number of aryl methyl sites for hydroxylation is 1. The standard InChI is InChI=1S/C14H15N5O/c1-9(2)11-6-10(8-15)7-12(16-11)14(20)17-13-4-5-19(3)18-13/h4-7,9H,1-3H3,(H,17,18,20). The second-order valence-corrected chi connectivity index (χ2v) is 4.76. The summed E-state index contributed by atoms with van der Waals surface area (Å²) in [5.74, 6) is 0.222. The van der Waals surface area contributed by atoms with E-state index in [1.165, 1.54) is 6.07 Å². The number of anilines is 1. The number of rotatable bonds is 3. The van der Waals surface area contributed by atoms with Gasteiger partial charge in [0.1, 0.15) is 5.69 Å². The molecule has 0 saturated carbocycles. The van der Waals surface area contributed by atoms with Crippen LogP contribution in [0.5, 0.6) is 0 Å². The molecule has 0 fully saturated rings. The molecule has 2 heterocycles. The fourth-order valence-corrected chi connectivity index (χ4v) is 1.69. The predicted molar refractivity (Wildman–Crippen MR) is 74.2 cm³/mol. The molecule has 2 aromatic heterocycles. The molecular weight excluding hydrogens is 254 g/mol. The molecule has 0 spiro atoms. The van der Waals surface area contributed by atoms with E-state index in [4.69, 9.17) is 5.26 Å². The Labute approximate surface area is 117 Å². The molecule has 1 amide bonds. The van der Waals surface area contributed by atoms with Gasteiger partial charge >= 0.3 is 0 Å². The van der Waals surface area contributed by atoms with Crippen LogP contribution in [0.3, 0.4) is 0 Å². The van der Waals surface area contributed by atoms with Crippen LogP contribution in [0.25, 0.3) is 0 Å². The number of pyridine rings is 1. The summed E-state index contributed by atoms with van der Waals surface area (Å²) in [5, 5.41) is 15.7. The fraction of sp³-hybridized carbons (Fsp3) is 0.286. The van der Waals surface area contributed by atoms with Crippen molar-refractivity contribution in [1.29, 1.82) is 5.26 Å². The van der Waals surface area contributed by atoms with Crippen molar-refractivity contribution in [2.24, 2.45) is 7.05 Å². The third-order valence-electron chi connectivity index (χ3n) is 2.75. The lowest BCUT2D eigenvalue weighted by Crippen LogP contribution is -2.15. The van der Waals surface area contributed by atoms with Crippen molar-refractivity contribution in [2.75, 3.05) is 5.32 Å². The summed E-state index contributed by atoms with van der Waals surface area (Å²) < 4.78 is 1.59. The average molecular weight is 269 g/mol. The number of carbonyl (C=O) groups is 1. The molecule has 1 N–H and O–H groups in total. The van der Waals surface area contributed by atoms with Gasteiger partial charge in [-0.25, -0.2) is 4.98 Å². The van der Waals surface area contributed by atoms with Crippen molar-refractivity contribution >= 4 is 11.7 Å². The van der Waals surface area contributed by atoms with Crippen LogP contribution in [0.1, 0.15) is 41.5 Å². The molecule has 20 heavy (non-hydrogen) atoms. The van der Waals surface area contributed by atoms with E-state index in [2.05, 4.69) is 15.4 Å². The number of nitrogens with zero attached hydrogens (tertiary/aromatic N) is 4. The van der Waals surface area contributed by atoms with E-state index in [9.17, 15) is 4.79 Å². The van der Waals surface area contributed by atoms with Gasteiger partial charge in [0.15, 0.2) is 5.82 Å². The average Bonchev–Trinajstić information content (AvgIpc) is 2.83. The number of aromatic nitrogens is 3. The van der Waals surface area contributed by atoms with Gasteiger partial charge in [-0.3, -0.25) is 9.48 Å². The number of nitriles is 1. The maximum absolute atomic E-state index is 12.1. The van der Waals surface area contributed by atoms with Gasteiger partial charge in [-0.15, -0.1) is 0 Å². The molecule has 6 heteroatoms. The summed E-state index contributed by atoms with van der Waals surface area (Å²) in [6.07, 6.45) is 1.73. The number of hydrogen-bond acceptors (Lipinski definition) is 4. The van der Waals surface area contributed by atoms with Crippen LogP contribution < -0.4 is 5.32 Å². The smallest absolute Gasteiger partial charge is 0.275 e. The van der Waals surface area contributed by atoms with Gasteiger partial charge in [-0.1, -0.05) is 13.8 Å². The second-order valence-electron chi connectivity index (χ2n) is 4.76. The van der Waals surface area contributed by atoms with Crippen molar-refractivity contribution in [3.8, 4) is 6.07 Å². The minimum absolute atomic E-state index is 0.143. The van der Waals surface area contributed by atoms with Crippen LogP contribution in [-0.4, -0.2) is 20.7 Å². The van der Waals surface area contributed by atoms with Crippen molar-refractivity contribution in [3.63, 3.8) is 0 Å². The van der Waals surface area contributed by atoms with E-state index >= 15 is 0 Å². The summed E-state index contributed by atoms with van der Waals surface area (Å²) in [5.41, 5.74) is 1.36.